The molecule has 1 atom stereocenters. The summed E-state index contributed by atoms with van der Waals surface area (Å²) in [5.74, 6) is -0.0524. The molecule has 2 heterocycles. The molecule has 0 spiro atoms. The maximum absolute atomic E-state index is 11.0. The third-order valence-corrected chi connectivity index (χ3v) is 4.32. The van der Waals surface area contributed by atoms with Gasteiger partial charge in [0.05, 0.1) is 18.3 Å². The summed E-state index contributed by atoms with van der Waals surface area (Å²) in [4.78, 5) is 15.6. The lowest BCUT2D eigenvalue weighted by atomic mass is 10.0. The number of hydrogen-bond donors (Lipinski definition) is 2. The Labute approximate surface area is 120 Å². The number of thiazole rings is 1. The Morgan fingerprint density at radius 3 is 3.05 bits per heavy atom. The van der Waals surface area contributed by atoms with Gasteiger partial charge in [-0.05, 0) is 13.0 Å². The number of benzene rings is 1. The first-order chi connectivity index (χ1) is 9.65. The smallest absolute Gasteiger partial charge is 0.347 e. The second-order valence-corrected chi connectivity index (χ2v) is 5.61. The molecule has 3 rings (SSSR count). The van der Waals surface area contributed by atoms with Gasteiger partial charge < -0.3 is 15.2 Å². The quantitative estimate of drug-likeness (QED) is 0.909. The Kier molecular flexibility index (Phi) is 3.31. The summed E-state index contributed by atoms with van der Waals surface area (Å²) in [6.07, 6.45) is 0.831. The lowest BCUT2D eigenvalue weighted by Crippen LogP contribution is -2.20. The highest BCUT2D eigenvalue weighted by Gasteiger charge is 2.23. The van der Waals surface area contributed by atoms with Crippen molar-refractivity contribution in [3.8, 4) is 5.75 Å². The molecular weight excluding hydrogens is 276 g/mol. The average Bonchev–Trinajstić information content (AvgIpc) is 2.80. The number of rotatable bonds is 3. The fourth-order valence-corrected chi connectivity index (χ4v) is 3.16. The molecule has 0 amide bonds. The van der Waals surface area contributed by atoms with Crippen molar-refractivity contribution in [2.45, 2.75) is 19.4 Å². The van der Waals surface area contributed by atoms with Gasteiger partial charge in [0.1, 0.15) is 10.6 Å². The van der Waals surface area contributed by atoms with Gasteiger partial charge in [-0.3, -0.25) is 0 Å². The molecule has 1 aliphatic heterocycles. The van der Waals surface area contributed by atoms with Crippen LogP contribution >= 0.6 is 11.3 Å². The predicted molar refractivity (Wildman–Crippen MR) is 76.7 cm³/mol. The number of aryl methyl sites for hydroxylation is 1. The number of ether oxygens (including phenoxy) is 1. The minimum absolute atomic E-state index is 0.104. The van der Waals surface area contributed by atoms with Crippen molar-refractivity contribution in [3.05, 3.63) is 40.4 Å². The van der Waals surface area contributed by atoms with E-state index in [4.69, 9.17) is 9.84 Å². The van der Waals surface area contributed by atoms with Crippen molar-refractivity contribution < 1.29 is 14.6 Å². The number of aromatic carboxylic acids is 1. The molecule has 0 fully saturated rings. The lowest BCUT2D eigenvalue weighted by molar-refractivity contribution is 0.0701. The van der Waals surface area contributed by atoms with Crippen molar-refractivity contribution in [1.29, 1.82) is 0 Å². The van der Waals surface area contributed by atoms with E-state index in [0.29, 0.717) is 17.4 Å². The lowest BCUT2D eigenvalue weighted by Gasteiger charge is -2.26. The van der Waals surface area contributed by atoms with E-state index in [1.807, 2.05) is 24.3 Å². The van der Waals surface area contributed by atoms with Crippen LogP contribution in [0.25, 0.3) is 0 Å². The third-order valence-electron chi connectivity index (χ3n) is 3.25. The zero-order valence-corrected chi connectivity index (χ0v) is 11.7. The molecule has 1 aromatic heterocycles. The van der Waals surface area contributed by atoms with Crippen LogP contribution in [-0.2, 0) is 0 Å². The van der Waals surface area contributed by atoms with Gasteiger partial charge in [0, 0.05) is 12.0 Å². The summed E-state index contributed by atoms with van der Waals surface area (Å²) in [6, 6.07) is 7.98. The first-order valence-electron chi connectivity index (χ1n) is 6.34. The van der Waals surface area contributed by atoms with Gasteiger partial charge in [-0.2, -0.15) is 0 Å². The van der Waals surface area contributed by atoms with Gasteiger partial charge in [0.2, 0.25) is 0 Å². The molecule has 0 bridgehead atoms. The summed E-state index contributed by atoms with van der Waals surface area (Å²) in [6.45, 7) is 2.36. The summed E-state index contributed by atoms with van der Waals surface area (Å²) in [7, 11) is 0. The van der Waals surface area contributed by atoms with Crippen LogP contribution in [0.4, 0.5) is 5.13 Å². The maximum atomic E-state index is 11.0. The molecule has 1 unspecified atom stereocenters. The Hall–Kier alpha value is -2.08. The summed E-state index contributed by atoms with van der Waals surface area (Å²) < 4.78 is 5.61. The van der Waals surface area contributed by atoms with Crippen molar-refractivity contribution in [3.63, 3.8) is 0 Å². The molecule has 0 aliphatic carbocycles. The van der Waals surface area contributed by atoms with Gasteiger partial charge in [0.15, 0.2) is 5.13 Å². The Morgan fingerprint density at radius 2 is 2.30 bits per heavy atom. The first-order valence-corrected chi connectivity index (χ1v) is 7.16. The topological polar surface area (TPSA) is 71.5 Å². The number of nitrogens with zero attached hydrogens (tertiary/aromatic N) is 1. The van der Waals surface area contributed by atoms with Crippen LogP contribution in [0.5, 0.6) is 5.75 Å². The van der Waals surface area contributed by atoms with Gasteiger partial charge in [-0.15, -0.1) is 0 Å². The van der Waals surface area contributed by atoms with E-state index < -0.39 is 5.97 Å². The molecule has 0 radical (unpaired) electrons. The second-order valence-electron chi connectivity index (χ2n) is 4.61. The molecule has 2 N–H and O–H groups in total. The molecule has 0 saturated carbocycles. The molecule has 1 aromatic carbocycles. The summed E-state index contributed by atoms with van der Waals surface area (Å²) >= 11 is 1.17. The molecule has 2 aromatic rings. The van der Waals surface area contributed by atoms with Gasteiger partial charge in [-0.1, -0.05) is 29.5 Å². The molecule has 1 aliphatic rings. The van der Waals surface area contributed by atoms with Crippen LogP contribution in [0, 0.1) is 6.92 Å². The number of para-hydroxylation sites is 1. The highest BCUT2D eigenvalue weighted by atomic mass is 32.1. The Balaban J connectivity index is 1.86. The Morgan fingerprint density at radius 1 is 1.50 bits per heavy atom. The number of anilines is 1. The number of aromatic nitrogens is 1. The van der Waals surface area contributed by atoms with Crippen LogP contribution in [0.2, 0.25) is 0 Å². The van der Waals surface area contributed by atoms with E-state index in [1.54, 1.807) is 6.92 Å². The van der Waals surface area contributed by atoms with Crippen molar-refractivity contribution in [2.24, 2.45) is 0 Å². The molecule has 5 nitrogen and oxygen atoms in total. The van der Waals surface area contributed by atoms with E-state index in [-0.39, 0.29) is 10.9 Å². The number of carbonyl (C=O) groups is 1. The fraction of sp³-hybridized carbons (Fsp3) is 0.286. The number of carboxylic acids is 1. The normalized spacial score (nSPS) is 17.1. The van der Waals surface area contributed by atoms with E-state index in [2.05, 4.69) is 10.3 Å². The average molecular weight is 290 g/mol. The summed E-state index contributed by atoms with van der Waals surface area (Å²) in [5.41, 5.74) is 1.63. The monoisotopic (exact) mass is 290 g/mol. The fourth-order valence-electron chi connectivity index (χ4n) is 2.30. The highest BCUT2D eigenvalue weighted by molar-refractivity contribution is 7.17. The molecule has 104 valence electrons. The predicted octanol–water partition coefficient (Wildman–Crippen LogP) is 3.09. The van der Waals surface area contributed by atoms with E-state index in [1.165, 1.54) is 11.3 Å². The third kappa shape index (κ3) is 2.34. The van der Waals surface area contributed by atoms with Crippen LogP contribution in [0.1, 0.15) is 33.4 Å². The van der Waals surface area contributed by atoms with E-state index in [9.17, 15) is 4.79 Å². The number of carboxylic acid groups (broad SMARTS) is 1. The zero-order valence-electron chi connectivity index (χ0n) is 10.9. The van der Waals surface area contributed by atoms with Crippen molar-refractivity contribution in [1.82, 2.24) is 4.98 Å². The zero-order chi connectivity index (χ0) is 14.1. The van der Waals surface area contributed by atoms with E-state index in [0.717, 1.165) is 17.7 Å². The first kappa shape index (κ1) is 12.9. The molecule has 6 heteroatoms. The largest absolute Gasteiger partial charge is 0.493 e. The van der Waals surface area contributed by atoms with Crippen LogP contribution in [-0.4, -0.2) is 22.7 Å². The van der Waals surface area contributed by atoms with Gasteiger partial charge >= 0.3 is 5.97 Å². The van der Waals surface area contributed by atoms with E-state index >= 15 is 0 Å². The van der Waals surface area contributed by atoms with Gasteiger partial charge in [0.25, 0.3) is 0 Å². The van der Waals surface area contributed by atoms with Crippen molar-refractivity contribution >= 4 is 22.4 Å². The number of nitrogens with one attached hydrogen (secondary N) is 1. The second kappa shape index (κ2) is 5.13. The molecular formula is C14H14N2O3S. The standard InChI is InChI=1S/C14H14N2O3S/c1-8-12(13(17)18)20-14(15-8)16-10-6-7-19-11-5-3-2-4-9(10)11/h2-5,10H,6-7H2,1H3,(H,15,16)(H,17,18). The number of fused-ring (bicyclic) bond motifs is 1. The maximum Gasteiger partial charge on any atom is 0.347 e. The van der Waals surface area contributed by atoms with Crippen molar-refractivity contribution in [2.75, 3.05) is 11.9 Å². The Bertz CT molecular complexity index is 654. The van der Waals surface area contributed by atoms with Crippen LogP contribution < -0.4 is 10.1 Å². The highest BCUT2D eigenvalue weighted by Crippen LogP contribution is 2.35. The minimum Gasteiger partial charge on any atom is -0.493 e. The molecule has 0 saturated heterocycles. The van der Waals surface area contributed by atoms with Crippen LogP contribution in [0.3, 0.4) is 0 Å². The minimum atomic E-state index is -0.930. The molecule has 20 heavy (non-hydrogen) atoms. The number of hydrogen-bond acceptors (Lipinski definition) is 5. The van der Waals surface area contributed by atoms with Crippen LogP contribution in [0.15, 0.2) is 24.3 Å². The SMILES string of the molecule is Cc1nc(NC2CCOc3ccccc32)sc1C(=O)O. The van der Waals surface area contributed by atoms with Gasteiger partial charge in [-0.25, -0.2) is 9.78 Å². The summed E-state index contributed by atoms with van der Waals surface area (Å²) in [5, 5.41) is 13.0.